The molecule has 88 valence electrons. The van der Waals surface area contributed by atoms with Crippen molar-refractivity contribution in [3.63, 3.8) is 0 Å². The minimum absolute atomic E-state index is 0.130. The van der Waals surface area contributed by atoms with Gasteiger partial charge in [0.2, 0.25) is 0 Å². The fraction of sp³-hybridized carbons (Fsp3) is 0.400. The topological polar surface area (TPSA) is 63.4 Å². The van der Waals surface area contributed by atoms with E-state index in [9.17, 15) is 8.42 Å². The maximum atomic E-state index is 11.5. The third-order valence-electron chi connectivity index (χ3n) is 2.59. The van der Waals surface area contributed by atoms with Crippen LogP contribution in [0.2, 0.25) is 0 Å². The monoisotopic (exact) mass is 258 g/mol. The molecule has 1 unspecified atom stereocenters. The Morgan fingerprint density at radius 3 is 2.62 bits per heavy atom. The van der Waals surface area contributed by atoms with Crippen LogP contribution in [-0.4, -0.2) is 30.8 Å². The van der Waals surface area contributed by atoms with Gasteiger partial charge in [-0.2, -0.15) is 24.5 Å². The molecule has 0 bridgehead atoms. The van der Waals surface area contributed by atoms with Gasteiger partial charge in [0.25, 0.3) is 10.2 Å². The van der Waals surface area contributed by atoms with E-state index in [0.717, 1.165) is 17.1 Å². The van der Waals surface area contributed by atoms with E-state index in [4.69, 9.17) is 5.14 Å². The number of benzene rings is 1. The van der Waals surface area contributed by atoms with Gasteiger partial charge < -0.3 is 0 Å². The van der Waals surface area contributed by atoms with Crippen LogP contribution in [0.25, 0.3) is 0 Å². The van der Waals surface area contributed by atoms with Crippen molar-refractivity contribution in [3.8, 4) is 0 Å². The van der Waals surface area contributed by atoms with Crippen molar-refractivity contribution < 1.29 is 8.42 Å². The van der Waals surface area contributed by atoms with Crippen molar-refractivity contribution in [3.05, 3.63) is 35.9 Å². The van der Waals surface area contributed by atoms with Gasteiger partial charge in [0, 0.05) is 18.1 Å². The summed E-state index contributed by atoms with van der Waals surface area (Å²) in [5.74, 6) is 1.57. The van der Waals surface area contributed by atoms with Crippen LogP contribution in [0.5, 0.6) is 0 Å². The molecule has 0 aromatic heterocycles. The van der Waals surface area contributed by atoms with E-state index in [2.05, 4.69) is 0 Å². The maximum Gasteiger partial charge on any atom is 0.277 e. The third kappa shape index (κ3) is 2.57. The Morgan fingerprint density at radius 2 is 2.00 bits per heavy atom. The van der Waals surface area contributed by atoms with E-state index in [-0.39, 0.29) is 6.04 Å². The van der Waals surface area contributed by atoms with E-state index in [1.54, 1.807) is 11.8 Å². The Balaban J connectivity index is 2.31. The summed E-state index contributed by atoms with van der Waals surface area (Å²) in [6.45, 7) is 0.489. The van der Waals surface area contributed by atoms with Crippen LogP contribution >= 0.6 is 11.8 Å². The SMILES string of the molecule is NS(=O)(=O)N1CCSCC1c1ccccc1. The lowest BCUT2D eigenvalue weighted by molar-refractivity contribution is 0.356. The molecular weight excluding hydrogens is 244 g/mol. The molecule has 16 heavy (non-hydrogen) atoms. The Kier molecular flexibility index (Phi) is 3.53. The van der Waals surface area contributed by atoms with Crippen LogP contribution in [-0.2, 0) is 10.2 Å². The molecule has 2 N–H and O–H groups in total. The molecule has 6 heteroatoms. The van der Waals surface area contributed by atoms with Gasteiger partial charge in [-0.3, -0.25) is 0 Å². The lowest BCUT2D eigenvalue weighted by Crippen LogP contribution is -2.44. The maximum absolute atomic E-state index is 11.5. The van der Waals surface area contributed by atoms with Crippen molar-refractivity contribution in [1.29, 1.82) is 0 Å². The van der Waals surface area contributed by atoms with Gasteiger partial charge in [0.05, 0.1) is 6.04 Å². The molecule has 0 radical (unpaired) electrons. The average molecular weight is 258 g/mol. The summed E-state index contributed by atoms with van der Waals surface area (Å²) in [5.41, 5.74) is 1.00. The number of rotatable bonds is 2. The van der Waals surface area contributed by atoms with Gasteiger partial charge >= 0.3 is 0 Å². The number of hydrogen-bond donors (Lipinski definition) is 1. The summed E-state index contributed by atoms with van der Waals surface area (Å²) in [6, 6.07) is 9.49. The molecule has 1 aromatic rings. The summed E-state index contributed by atoms with van der Waals surface area (Å²) >= 11 is 1.76. The first-order valence-electron chi connectivity index (χ1n) is 5.01. The Morgan fingerprint density at radius 1 is 1.31 bits per heavy atom. The molecule has 0 spiro atoms. The third-order valence-corrected chi connectivity index (χ3v) is 4.70. The van der Waals surface area contributed by atoms with E-state index < -0.39 is 10.2 Å². The molecule has 2 rings (SSSR count). The van der Waals surface area contributed by atoms with Gasteiger partial charge in [0.15, 0.2) is 0 Å². The molecule has 1 aromatic carbocycles. The normalized spacial score (nSPS) is 23.2. The molecule has 1 aliphatic heterocycles. The molecular formula is C10H14N2O2S2. The smallest absolute Gasteiger partial charge is 0.216 e. The summed E-state index contributed by atoms with van der Waals surface area (Å²) in [4.78, 5) is 0. The quantitative estimate of drug-likeness (QED) is 0.860. The lowest BCUT2D eigenvalue weighted by Gasteiger charge is -2.33. The van der Waals surface area contributed by atoms with Crippen molar-refractivity contribution in [2.75, 3.05) is 18.1 Å². The first-order valence-corrected chi connectivity index (χ1v) is 7.67. The van der Waals surface area contributed by atoms with Gasteiger partial charge in [-0.15, -0.1) is 0 Å². The standard InChI is InChI=1S/C10H14N2O2S2/c11-16(13,14)12-6-7-15-8-10(12)9-4-2-1-3-5-9/h1-5,10H,6-8H2,(H2,11,13,14). The van der Waals surface area contributed by atoms with Crippen LogP contribution in [0.4, 0.5) is 0 Å². The van der Waals surface area contributed by atoms with Crippen LogP contribution < -0.4 is 5.14 Å². The Bertz CT molecular complexity index is 447. The van der Waals surface area contributed by atoms with Gasteiger partial charge in [0.1, 0.15) is 0 Å². The molecule has 1 atom stereocenters. The van der Waals surface area contributed by atoms with Crippen molar-refractivity contribution in [1.82, 2.24) is 4.31 Å². The second-order valence-corrected chi connectivity index (χ2v) is 6.31. The molecule has 1 fully saturated rings. The van der Waals surface area contributed by atoms with Crippen LogP contribution in [0, 0.1) is 0 Å². The highest BCUT2D eigenvalue weighted by atomic mass is 32.2. The fourth-order valence-corrected chi connectivity index (χ4v) is 4.03. The van der Waals surface area contributed by atoms with E-state index in [1.165, 1.54) is 4.31 Å². The highest BCUT2D eigenvalue weighted by Crippen LogP contribution is 2.30. The largest absolute Gasteiger partial charge is 0.277 e. The Labute approximate surface area is 100 Å². The first-order chi connectivity index (χ1) is 7.59. The molecule has 1 saturated heterocycles. The summed E-state index contributed by atoms with van der Waals surface area (Å²) in [5, 5.41) is 5.23. The number of hydrogen-bond acceptors (Lipinski definition) is 3. The average Bonchev–Trinajstić information content (AvgIpc) is 2.29. The zero-order chi connectivity index (χ0) is 11.6. The molecule has 0 amide bonds. The highest BCUT2D eigenvalue weighted by Gasteiger charge is 2.31. The number of thioether (sulfide) groups is 1. The summed E-state index contributed by atoms with van der Waals surface area (Å²) < 4.78 is 24.3. The summed E-state index contributed by atoms with van der Waals surface area (Å²) in [7, 11) is -3.60. The minimum atomic E-state index is -3.60. The van der Waals surface area contributed by atoms with Crippen molar-refractivity contribution >= 4 is 22.0 Å². The zero-order valence-electron chi connectivity index (χ0n) is 8.74. The zero-order valence-corrected chi connectivity index (χ0v) is 10.4. The van der Waals surface area contributed by atoms with E-state index >= 15 is 0 Å². The fourth-order valence-electron chi connectivity index (χ4n) is 1.83. The number of nitrogens with zero attached hydrogens (tertiary/aromatic N) is 1. The van der Waals surface area contributed by atoms with Gasteiger partial charge in [-0.25, -0.2) is 5.14 Å². The predicted molar refractivity (Wildman–Crippen MR) is 66.3 cm³/mol. The molecule has 1 aliphatic rings. The minimum Gasteiger partial charge on any atom is -0.216 e. The molecule has 1 heterocycles. The second-order valence-electron chi connectivity index (χ2n) is 3.66. The van der Waals surface area contributed by atoms with Gasteiger partial charge in [-0.05, 0) is 5.56 Å². The first kappa shape index (κ1) is 11.9. The van der Waals surface area contributed by atoms with Crippen molar-refractivity contribution in [2.24, 2.45) is 5.14 Å². The van der Waals surface area contributed by atoms with Crippen molar-refractivity contribution in [2.45, 2.75) is 6.04 Å². The summed E-state index contributed by atoms with van der Waals surface area (Å²) in [6.07, 6.45) is 0. The lowest BCUT2D eigenvalue weighted by atomic mass is 10.1. The molecule has 4 nitrogen and oxygen atoms in total. The highest BCUT2D eigenvalue weighted by molar-refractivity contribution is 7.99. The number of nitrogens with two attached hydrogens (primary N) is 1. The molecule has 0 saturated carbocycles. The second kappa shape index (κ2) is 4.75. The Hall–Kier alpha value is -0.560. The van der Waals surface area contributed by atoms with Gasteiger partial charge in [-0.1, -0.05) is 30.3 Å². The van der Waals surface area contributed by atoms with Crippen LogP contribution in [0.15, 0.2) is 30.3 Å². The molecule has 0 aliphatic carbocycles. The van der Waals surface area contributed by atoms with Crippen LogP contribution in [0.1, 0.15) is 11.6 Å². The predicted octanol–water partition coefficient (Wildman–Crippen LogP) is 0.980. The van der Waals surface area contributed by atoms with E-state index in [1.807, 2.05) is 30.3 Å². The van der Waals surface area contributed by atoms with Crippen LogP contribution in [0.3, 0.4) is 0 Å². The van der Waals surface area contributed by atoms with E-state index in [0.29, 0.717) is 6.54 Å².